The molecule has 0 radical (unpaired) electrons. The Labute approximate surface area is 224 Å². The van der Waals surface area contributed by atoms with Crippen molar-refractivity contribution in [2.45, 2.75) is 66.2 Å². The second-order valence-electron chi connectivity index (χ2n) is 8.31. The van der Waals surface area contributed by atoms with Crippen LogP contribution in [0.5, 0.6) is 0 Å². The lowest BCUT2D eigenvalue weighted by Gasteiger charge is -2.23. The van der Waals surface area contributed by atoms with E-state index in [2.05, 4.69) is 37.2 Å². The van der Waals surface area contributed by atoms with Gasteiger partial charge in [0.15, 0.2) is 0 Å². The molecule has 0 heterocycles. The molecule has 2 aromatic rings. The number of rotatable bonds is 3. The summed E-state index contributed by atoms with van der Waals surface area (Å²) in [7, 11) is 0. The molecule has 0 unspecified atom stereocenters. The zero-order valence-electron chi connectivity index (χ0n) is 19.3. The van der Waals surface area contributed by atoms with Gasteiger partial charge in [0, 0.05) is 25.0 Å². The number of halogens is 5. The second-order valence-corrected chi connectivity index (χ2v) is 10.8. The molecule has 2 atom stereocenters. The number of benzene rings is 2. The first-order valence-corrected chi connectivity index (χ1v) is 12.1. The van der Waals surface area contributed by atoms with E-state index in [-0.39, 0.29) is 24.5 Å². The minimum atomic E-state index is -0.511. The van der Waals surface area contributed by atoms with Crippen LogP contribution in [0.3, 0.4) is 0 Å². The summed E-state index contributed by atoms with van der Waals surface area (Å²) in [5.74, 6) is 0. The normalized spacial score (nSPS) is 12.6. The third-order valence-corrected chi connectivity index (χ3v) is 7.11. The van der Waals surface area contributed by atoms with Crippen molar-refractivity contribution in [2.24, 2.45) is 5.73 Å². The van der Waals surface area contributed by atoms with Crippen molar-refractivity contribution in [3.8, 4) is 0 Å². The predicted octanol–water partition coefficient (Wildman–Crippen LogP) is 8.85. The van der Waals surface area contributed by atoms with Crippen molar-refractivity contribution < 1.29 is 9.53 Å². The van der Waals surface area contributed by atoms with Crippen molar-refractivity contribution in [1.82, 2.24) is 5.32 Å². The van der Waals surface area contributed by atoms with E-state index in [4.69, 9.17) is 33.7 Å². The van der Waals surface area contributed by atoms with Gasteiger partial charge in [-0.1, -0.05) is 67.2 Å². The molecular weight excluding hydrogens is 602 g/mol. The maximum Gasteiger partial charge on any atom is 0.408 e. The molecule has 3 N–H and O–H groups in total. The second kappa shape index (κ2) is 13.4. The number of hydrogen-bond acceptors (Lipinski definition) is 3. The molecule has 32 heavy (non-hydrogen) atoms. The van der Waals surface area contributed by atoms with Crippen molar-refractivity contribution in [1.29, 1.82) is 0 Å². The molecule has 0 aliphatic rings. The number of nitrogens with one attached hydrogen (secondary N) is 1. The fourth-order valence-corrected chi connectivity index (χ4v) is 4.17. The van der Waals surface area contributed by atoms with Gasteiger partial charge in [-0.2, -0.15) is 0 Å². The van der Waals surface area contributed by atoms with Crippen molar-refractivity contribution in [3.63, 3.8) is 0 Å². The van der Waals surface area contributed by atoms with Gasteiger partial charge in [0.2, 0.25) is 0 Å². The largest absolute Gasteiger partial charge is 0.444 e. The van der Waals surface area contributed by atoms with Crippen LogP contribution in [-0.2, 0) is 4.74 Å². The van der Waals surface area contributed by atoms with Crippen LogP contribution in [0, 0.1) is 13.8 Å². The summed E-state index contributed by atoms with van der Waals surface area (Å²) in [4.78, 5) is 11.7. The van der Waals surface area contributed by atoms with Crippen LogP contribution in [0.1, 0.15) is 69.0 Å². The highest BCUT2D eigenvalue weighted by Crippen LogP contribution is 2.31. The van der Waals surface area contributed by atoms with Gasteiger partial charge < -0.3 is 15.8 Å². The number of carbonyl (C=O) groups excluding carboxylic acids is 1. The maximum atomic E-state index is 11.7. The van der Waals surface area contributed by atoms with Gasteiger partial charge in [0.05, 0.1) is 6.04 Å². The monoisotopic (exact) mass is 630 g/mol. The fraction of sp³-hybridized carbons (Fsp3) is 0.435. The number of carbonyl (C=O) groups is 1. The average Bonchev–Trinajstić information content (AvgIpc) is 2.62. The Bertz CT molecular complexity index is 932. The summed E-state index contributed by atoms with van der Waals surface area (Å²) in [6.45, 7) is 13.2. The van der Waals surface area contributed by atoms with Gasteiger partial charge in [0.1, 0.15) is 5.60 Å². The van der Waals surface area contributed by atoms with Gasteiger partial charge in [-0.15, -0.1) is 12.4 Å². The van der Waals surface area contributed by atoms with Crippen LogP contribution >= 0.6 is 67.5 Å². The topological polar surface area (TPSA) is 64.3 Å². The third-order valence-electron chi connectivity index (χ3n) is 4.39. The Morgan fingerprint density at radius 2 is 1.38 bits per heavy atom. The first kappa shape index (κ1) is 31.5. The number of amides is 1. The molecule has 0 saturated carbocycles. The summed E-state index contributed by atoms with van der Waals surface area (Å²) in [5, 5.41) is 4.19. The van der Waals surface area contributed by atoms with E-state index in [0.717, 1.165) is 36.2 Å². The Balaban J connectivity index is 0.000000639. The number of nitrogens with two attached hydrogens (primary N) is 1. The predicted molar refractivity (Wildman–Crippen MR) is 145 cm³/mol. The number of ether oxygens (including phenoxy) is 1. The molecule has 4 nitrogen and oxygen atoms in total. The highest BCUT2D eigenvalue weighted by atomic mass is 79.9. The molecule has 180 valence electrons. The molecule has 0 aliphatic heterocycles. The van der Waals surface area contributed by atoms with Crippen LogP contribution in [0.25, 0.3) is 0 Å². The molecule has 1 amide bonds. The molecule has 0 spiro atoms. The molecular formula is C23H31Br2Cl3N2O2. The number of alkyl carbamates (subject to hydrolysis) is 1. The molecule has 0 fully saturated rings. The summed E-state index contributed by atoms with van der Waals surface area (Å²) in [6.07, 6.45) is -0.448. The van der Waals surface area contributed by atoms with Crippen LogP contribution in [-0.4, -0.2) is 11.7 Å². The number of hydrogen-bond donors (Lipinski definition) is 2. The first-order chi connectivity index (χ1) is 14.2. The first-order valence-electron chi connectivity index (χ1n) is 9.79. The maximum absolute atomic E-state index is 11.7. The van der Waals surface area contributed by atoms with E-state index in [1.807, 2.05) is 72.7 Å². The third kappa shape index (κ3) is 9.40. The lowest BCUT2D eigenvalue weighted by molar-refractivity contribution is 0.0508. The zero-order chi connectivity index (χ0) is 24.1. The Kier molecular flexibility index (Phi) is 13.2. The molecule has 0 aliphatic carbocycles. The molecule has 0 bridgehead atoms. The summed E-state index contributed by atoms with van der Waals surface area (Å²) in [6, 6.07) is 7.51. The average molecular weight is 634 g/mol. The van der Waals surface area contributed by atoms with Crippen molar-refractivity contribution in [2.75, 3.05) is 0 Å². The molecule has 2 aromatic carbocycles. The van der Waals surface area contributed by atoms with Gasteiger partial charge >= 0.3 is 6.09 Å². The smallest absolute Gasteiger partial charge is 0.408 e. The van der Waals surface area contributed by atoms with E-state index in [9.17, 15) is 4.79 Å². The van der Waals surface area contributed by atoms with E-state index >= 15 is 0 Å². The van der Waals surface area contributed by atoms with Crippen LogP contribution < -0.4 is 11.1 Å². The van der Waals surface area contributed by atoms with E-state index in [1.165, 1.54) is 0 Å². The Morgan fingerprint density at radius 3 is 1.78 bits per heavy atom. The highest BCUT2D eigenvalue weighted by molar-refractivity contribution is 9.10. The SMILES string of the molecule is Cc1c(Br)ccc([C@@H](C)N)c1Cl.Cc1c(Br)ccc([C@@H](C)NC(=O)OC(C)(C)C)c1Cl.Cl. The molecule has 0 saturated heterocycles. The minimum absolute atomic E-state index is 0. The lowest BCUT2D eigenvalue weighted by Crippen LogP contribution is -2.34. The van der Waals surface area contributed by atoms with Crippen LogP contribution in [0.4, 0.5) is 4.79 Å². The molecule has 9 heteroatoms. The van der Waals surface area contributed by atoms with Crippen molar-refractivity contribution in [3.05, 3.63) is 65.5 Å². The standard InChI is InChI=1S/C14H19BrClNO2.C9H11BrClN.ClH/c1-8-11(15)7-6-10(12(8)16)9(2)17-13(18)19-14(3,4)5;1-5-8(10)4-3-7(6(2)12)9(5)11;/h6-7,9H,1-5H3,(H,17,18);3-4,6H,12H2,1-2H3;1H/t9-;6-;/m11./s1. The van der Waals surface area contributed by atoms with Crippen molar-refractivity contribution >= 4 is 73.6 Å². The highest BCUT2D eigenvalue weighted by Gasteiger charge is 2.20. The summed E-state index contributed by atoms with van der Waals surface area (Å²) < 4.78 is 7.20. The summed E-state index contributed by atoms with van der Waals surface area (Å²) >= 11 is 19.2. The van der Waals surface area contributed by atoms with Gasteiger partial charge in [0.25, 0.3) is 0 Å². The van der Waals surface area contributed by atoms with Crippen LogP contribution in [0.2, 0.25) is 10.0 Å². The quantitative estimate of drug-likeness (QED) is 0.355. The molecule has 0 aromatic heterocycles. The van der Waals surface area contributed by atoms with Crippen LogP contribution in [0.15, 0.2) is 33.2 Å². The van der Waals surface area contributed by atoms with E-state index in [0.29, 0.717) is 5.02 Å². The zero-order valence-corrected chi connectivity index (χ0v) is 24.8. The Hall–Kier alpha value is -0.500. The Morgan fingerprint density at radius 1 is 0.969 bits per heavy atom. The van der Waals surface area contributed by atoms with Gasteiger partial charge in [-0.3, -0.25) is 0 Å². The van der Waals surface area contributed by atoms with Gasteiger partial charge in [-0.05, 0) is 82.9 Å². The summed E-state index contributed by atoms with van der Waals surface area (Å²) in [5.41, 5.74) is 9.09. The lowest BCUT2D eigenvalue weighted by atomic mass is 10.1. The fourth-order valence-electron chi connectivity index (χ4n) is 2.61. The minimum Gasteiger partial charge on any atom is -0.444 e. The van der Waals surface area contributed by atoms with Gasteiger partial charge in [-0.25, -0.2) is 4.79 Å². The van der Waals surface area contributed by atoms with E-state index < -0.39 is 11.7 Å². The van der Waals surface area contributed by atoms with E-state index in [1.54, 1.807) is 0 Å². The molecule has 2 rings (SSSR count).